The van der Waals surface area contributed by atoms with Gasteiger partial charge in [-0.2, -0.15) is 5.10 Å². The number of benzene rings is 1. The predicted octanol–water partition coefficient (Wildman–Crippen LogP) is 1.37. The molecule has 1 heterocycles. The van der Waals surface area contributed by atoms with Crippen LogP contribution in [-0.2, 0) is 0 Å². The first-order valence-corrected chi connectivity index (χ1v) is 5.37. The number of carbonyl (C=O) groups is 1. The smallest absolute Gasteiger partial charge is 0.339 e. The third-order valence-corrected chi connectivity index (χ3v) is 2.69. The number of carboxylic acid groups (broad SMARTS) is 1. The Labute approximate surface area is 109 Å². The average Bonchev–Trinajstić information content (AvgIpc) is 2.83. The minimum Gasteiger partial charge on any atom is -0.493 e. The van der Waals surface area contributed by atoms with Crippen LogP contribution in [0.25, 0.3) is 11.1 Å². The lowest BCUT2D eigenvalue weighted by atomic mass is 10.0. The Balaban J connectivity index is 2.68. The van der Waals surface area contributed by atoms with Crippen molar-refractivity contribution < 1.29 is 19.4 Å². The van der Waals surface area contributed by atoms with Gasteiger partial charge in [-0.3, -0.25) is 5.10 Å². The molecule has 0 aliphatic rings. The standard InChI is InChI=1S/C12H13N3O4/c1-18-9-4-6(8-5-14-15-11(8)13)3-7(12(16)17)10(9)19-2/h3-5H,1-2H3,(H,16,17)(H3,13,14,15). The number of hydrogen-bond acceptors (Lipinski definition) is 5. The molecule has 1 aromatic carbocycles. The third kappa shape index (κ3) is 2.17. The van der Waals surface area contributed by atoms with Crippen LogP contribution in [0.1, 0.15) is 10.4 Å². The Hall–Kier alpha value is -2.70. The van der Waals surface area contributed by atoms with E-state index in [1.54, 1.807) is 6.07 Å². The van der Waals surface area contributed by atoms with Gasteiger partial charge in [-0.1, -0.05) is 0 Å². The molecule has 0 aliphatic heterocycles. The highest BCUT2D eigenvalue weighted by Gasteiger charge is 2.19. The highest BCUT2D eigenvalue weighted by molar-refractivity contribution is 5.94. The first-order valence-electron chi connectivity index (χ1n) is 5.37. The number of aromatic carboxylic acids is 1. The average molecular weight is 263 g/mol. The van der Waals surface area contributed by atoms with Gasteiger partial charge in [0, 0.05) is 5.56 Å². The second-order valence-corrected chi connectivity index (χ2v) is 3.76. The summed E-state index contributed by atoms with van der Waals surface area (Å²) in [5.74, 6) is -0.276. The van der Waals surface area contributed by atoms with Crippen molar-refractivity contribution in [1.82, 2.24) is 10.2 Å². The fourth-order valence-corrected chi connectivity index (χ4v) is 1.80. The van der Waals surface area contributed by atoms with Crippen LogP contribution >= 0.6 is 0 Å². The molecule has 0 aliphatic carbocycles. The van der Waals surface area contributed by atoms with Crippen molar-refractivity contribution in [2.75, 3.05) is 20.0 Å². The minimum absolute atomic E-state index is 0.00236. The van der Waals surface area contributed by atoms with Crippen LogP contribution < -0.4 is 15.2 Å². The first-order chi connectivity index (χ1) is 9.08. The maximum Gasteiger partial charge on any atom is 0.339 e. The second-order valence-electron chi connectivity index (χ2n) is 3.76. The molecule has 0 unspecified atom stereocenters. The van der Waals surface area contributed by atoms with E-state index < -0.39 is 5.97 Å². The van der Waals surface area contributed by atoms with E-state index >= 15 is 0 Å². The highest BCUT2D eigenvalue weighted by atomic mass is 16.5. The molecular weight excluding hydrogens is 250 g/mol. The van der Waals surface area contributed by atoms with Crippen molar-refractivity contribution in [3.8, 4) is 22.6 Å². The number of methoxy groups -OCH3 is 2. The number of nitrogens with one attached hydrogen (secondary N) is 1. The zero-order valence-corrected chi connectivity index (χ0v) is 10.4. The zero-order valence-electron chi connectivity index (χ0n) is 10.4. The largest absolute Gasteiger partial charge is 0.493 e. The number of H-pyrrole nitrogens is 1. The molecule has 2 aromatic rings. The summed E-state index contributed by atoms with van der Waals surface area (Å²) in [6.45, 7) is 0. The van der Waals surface area contributed by atoms with Crippen LogP contribution in [0.4, 0.5) is 5.82 Å². The van der Waals surface area contributed by atoms with E-state index in [-0.39, 0.29) is 11.3 Å². The van der Waals surface area contributed by atoms with Gasteiger partial charge >= 0.3 is 5.97 Å². The van der Waals surface area contributed by atoms with Gasteiger partial charge in [0.05, 0.1) is 20.4 Å². The molecule has 0 spiro atoms. The third-order valence-electron chi connectivity index (χ3n) is 2.69. The number of aromatic amines is 1. The summed E-state index contributed by atoms with van der Waals surface area (Å²) in [5, 5.41) is 15.6. The van der Waals surface area contributed by atoms with Crippen LogP contribution in [0.2, 0.25) is 0 Å². The molecular formula is C12H13N3O4. The molecule has 2 rings (SSSR count). The minimum atomic E-state index is -1.11. The lowest BCUT2D eigenvalue weighted by Crippen LogP contribution is -2.03. The molecule has 0 saturated heterocycles. The van der Waals surface area contributed by atoms with Crippen molar-refractivity contribution >= 4 is 11.8 Å². The zero-order chi connectivity index (χ0) is 14.0. The van der Waals surface area contributed by atoms with Gasteiger partial charge in [0.2, 0.25) is 0 Å². The van der Waals surface area contributed by atoms with Gasteiger partial charge in [0.1, 0.15) is 11.4 Å². The number of anilines is 1. The van der Waals surface area contributed by atoms with E-state index in [0.29, 0.717) is 22.7 Å². The second kappa shape index (κ2) is 4.89. The van der Waals surface area contributed by atoms with Crippen molar-refractivity contribution in [3.05, 3.63) is 23.9 Å². The predicted molar refractivity (Wildman–Crippen MR) is 68.5 cm³/mol. The Morgan fingerprint density at radius 3 is 2.58 bits per heavy atom. The van der Waals surface area contributed by atoms with E-state index in [2.05, 4.69) is 10.2 Å². The summed E-state index contributed by atoms with van der Waals surface area (Å²) >= 11 is 0. The Kier molecular flexibility index (Phi) is 3.28. The lowest BCUT2D eigenvalue weighted by Gasteiger charge is -2.12. The van der Waals surface area contributed by atoms with E-state index in [0.717, 1.165) is 0 Å². The molecule has 0 radical (unpaired) electrons. The Bertz CT molecular complexity index is 621. The normalized spacial score (nSPS) is 10.2. The molecule has 19 heavy (non-hydrogen) atoms. The topological polar surface area (TPSA) is 110 Å². The van der Waals surface area contributed by atoms with Crippen LogP contribution in [0.5, 0.6) is 11.5 Å². The maximum atomic E-state index is 11.3. The molecule has 7 heteroatoms. The van der Waals surface area contributed by atoms with Crippen molar-refractivity contribution in [2.24, 2.45) is 0 Å². The van der Waals surface area contributed by atoms with E-state index in [1.807, 2.05) is 0 Å². The van der Waals surface area contributed by atoms with E-state index in [1.165, 1.54) is 26.5 Å². The summed E-state index contributed by atoms with van der Waals surface area (Å²) in [6.07, 6.45) is 1.52. The summed E-state index contributed by atoms with van der Waals surface area (Å²) in [4.78, 5) is 11.3. The fourth-order valence-electron chi connectivity index (χ4n) is 1.80. The molecule has 4 N–H and O–H groups in total. The molecule has 0 bridgehead atoms. The monoisotopic (exact) mass is 263 g/mol. The summed E-state index contributed by atoms with van der Waals surface area (Å²) < 4.78 is 10.2. The number of carboxylic acids is 1. The van der Waals surface area contributed by atoms with Crippen LogP contribution in [0.3, 0.4) is 0 Å². The summed E-state index contributed by atoms with van der Waals surface area (Å²) in [7, 11) is 2.82. The number of nitrogen functional groups attached to an aromatic ring is 1. The number of nitrogens with zero attached hydrogens (tertiary/aromatic N) is 1. The van der Waals surface area contributed by atoms with Gasteiger partial charge in [-0.25, -0.2) is 4.79 Å². The van der Waals surface area contributed by atoms with Crippen molar-refractivity contribution in [3.63, 3.8) is 0 Å². The maximum absolute atomic E-state index is 11.3. The number of rotatable bonds is 4. The van der Waals surface area contributed by atoms with Gasteiger partial charge in [0.15, 0.2) is 11.5 Å². The molecule has 0 saturated carbocycles. The molecule has 0 atom stereocenters. The van der Waals surface area contributed by atoms with E-state index in [9.17, 15) is 9.90 Å². The number of ether oxygens (including phenoxy) is 2. The fraction of sp³-hybridized carbons (Fsp3) is 0.167. The molecule has 1 aromatic heterocycles. The molecule has 0 amide bonds. The molecule has 100 valence electrons. The van der Waals surface area contributed by atoms with Crippen LogP contribution in [-0.4, -0.2) is 35.5 Å². The van der Waals surface area contributed by atoms with Crippen LogP contribution in [0.15, 0.2) is 18.3 Å². The van der Waals surface area contributed by atoms with Crippen molar-refractivity contribution in [2.45, 2.75) is 0 Å². The first kappa shape index (κ1) is 12.7. The lowest BCUT2D eigenvalue weighted by molar-refractivity contribution is 0.0692. The Morgan fingerprint density at radius 2 is 2.11 bits per heavy atom. The number of aromatic nitrogens is 2. The highest BCUT2D eigenvalue weighted by Crippen LogP contribution is 2.37. The van der Waals surface area contributed by atoms with E-state index in [4.69, 9.17) is 15.2 Å². The van der Waals surface area contributed by atoms with Gasteiger partial charge < -0.3 is 20.3 Å². The quantitative estimate of drug-likeness (QED) is 0.768. The Morgan fingerprint density at radius 1 is 1.37 bits per heavy atom. The molecule has 0 fully saturated rings. The summed E-state index contributed by atoms with van der Waals surface area (Å²) in [6, 6.07) is 3.11. The van der Waals surface area contributed by atoms with Gasteiger partial charge in [0.25, 0.3) is 0 Å². The number of nitrogens with two attached hydrogens (primary N) is 1. The number of hydrogen-bond donors (Lipinski definition) is 3. The van der Waals surface area contributed by atoms with Gasteiger partial charge in [-0.15, -0.1) is 0 Å². The summed E-state index contributed by atoms with van der Waals surface area (Å²) in [5.41, 5.74) is 6.91. The SMILES string of the molecule is COc1cc(-c2cn[nH]c2N)cc(C(=O)O)c1OC. The van der Waals surface area contributed by atoms with Crippen molar-refractivity contribution in [1.29, 1.82) is 0 Å². The van der Waals surface area contributed by atoms with Crippen LogP contribution in [0, 0.1) is 0 Å². The van der Waals surface area contributed by atoms with Gasteiger partial charge in [-0.05, 0) is 17.7 Å². The molecule has 7 nitrogen and oxygen atoms in total.